The highest BCUT2D eigenvalue weighted by Gasteiger charge is 2.07. The van der Waals surface area contributed by atoms with E-state index in [2.05, 4.69) is 38.5 Å². The smallest absolute Gasteiger partial charge is 0.310 e. The minimum absolute atomic E-state index is 0.185. The lowest BCUT2D eigenvalue weighted by atomic mass is 10.1. The number of esters is 1. The zero-order valence-electron chi connectivity index (χ0n) is 7.72. The summed E-state index contributed by atoms with van der Waals surface area (Å²) in [6.07, 6.45) is 0.325. The van der Waals surface area contributed by atoms with Crippen molar-refractivity contribution < 1.29 is 9.53 Å². The van der Waals surface area contributed by atoms with Gasteiger partial charge in [0.1, 0.15) is 0 Å². The molecule has 1 aromatic carbocycles. The average Bonchev–Trinajstić information content (AvgIpc) is 2.12. The Morgan fingerprint density at radius 1 is 1.57 bits per heavy atom. The summed E-state index contributed by atoms with van der Waals surface area (Å²) in [6, 6.07) is 5.90. The van der Waals surface area contributed by atoms with E-state index in [-0.39, 0.29) is 5.97 Å². The summed E-state index contributed by atoms with van der Waals surface area (Å²) in [6.45, 7) is 2.24. The summed E-state index contributed by atoms with van der Waals surface area (Å²) in [5.41, 5.74) is 0.968. The summed E-state index contributed by atoms with van der Waals surface area (Å²) >= 11 is 5.62. The van der Waals surface area contributed by atoms with Gasteiger partial charge in [-0.3, -0.25) is 4.79 Å². The van der Waals surface area contributed by atoms with E-state index in [1.807, 2.05) is 25.1 Å². The normalized spacial score (nSPS) is 9.93. The van der Waals surface area contributed by atoms with Crippen LogP contribution in [0.4, 0.5) is 0 Å². The van der Waals surface area contributed by atoms with Gasteiger partial charge in [0.2, 0.25) is 0 Å². The molecule has 0 saturated heterocycles. The van der Waals surface area contributed by atoms with Gasteiger partial charge in [-0.1, -0.05) is 15.9 Å². The van der Waals surface area contributed by atoms with E-state index < -0.39 is 0 Å². The molecule has 0 atom stereocenters. The number of rotatable bonds is 3. The van der Waals surface area contributed by atoms with Crippen molar-refractivity contribution in [3.05, 3.63) is 31.8 Å². The van der Waals surface area contributed by atoms with Crippen LogP contribution in [-0.2, 0) is 16.0 Å². The number of halogens is 2. The molecule has 0 unspecified atom stereocenters. The number of hydrogen-bond acceptors (Lipinski definition) is 2. The largest absolute Gasteiger partial charge is 0.466 e. The maximum atomic E-state index is 11.2. The maximum absolute atomic E-state index is 11.2. The highest BCUT2D eigenvalue weighted by molar-refractivity contribution is 14.1. The zero-order chi connectivity index (χ0) is 10.6. The Balaban J connectivity index is 2.75. The number of benzene rings is 1. The second-order valence-electron chi connectivity index (χ2n) is 2.72. The highest BCUT2D eigenvalue weighted by Crippen LogP contribution is 2.20. The van der Waals surface area contributed by atoms with Crippen LogP contribution in [0.5, 0.6) is 0 Å². The first kappa shape index (κ1) is 12.0. The van der Waals surface area contributed by atoms with Gasteiger partial charge in [0.05, 0.1) is 13.0 Å². The SMILES string of the molecule is CCOC(=O)Cc1cc(I)ccc1Br. The number of hydrogen-bond donors (Lipinski definition) is 0. The molecular weight excluding hydrogens is 359 g/mol. The lowest BCUT2D eigenvalue weighted by molar-refractivity contribution is -0.142. The van der Waals surface area contributed by atoms with Crippen LogP contribution in [0, 0.1) is 3.57 Å². The summed E-state index contributed by atoms with van der Waals surface area (Å²) in [4.78, 5) is 11.2. The Kier molecular flexibility index (Phi) is 4.88. The topological polar surface area (TPSA) is 26.3 Å². The zero-order valence-corrected chi connectivity index (χ0v) is 11.5. The molecule has 0 bridgehead atoms. The van der Waals surface area contributed by atoms with Gasteiger partial charge in [0.15, 0.2) is 0 Å². The molecule has 0 spiro atoms. The summed E-state index contributed by atoms with van der Waals surface area (Å²) in [5.74, 6) is -0.185. The van der Waals surface area contributed by atoms with Gasteiger partial charge >= 0.3 is 5.97 Å². The van der Waals surface area contributed by atoms with Crippen LogP contribution in [-0.4, -0.2) is 12.6 Å². The Morgan fingerprint density at radius 2 is 2.29 bits per heavy atom. The van der Waals surface area contributed by atoms with E-state index in [0.717, 1.165) is 13.6 Å². The van der Waals surface area contributed by atoms with E-state index in [4.69, 9.17) is 4.74 Å². The van der Waals surface area contributed by atoms with Gasteiger partial charge in [0, 0.05) is 8.04 Å². The predicted molar refractivity (Wildman–Crippen MR) is 67.2 cm³/mol. The van der Waals surface area contributed by atoms with Crippen molar-refractivity contribution in [1.82, 2.24) is 0 Å². The molecule has 0 aromatic heterocycles. The van der Waals surface area contributed by atoms with Crippen LogP contribution < -0.4 is 0 Å². The van der Waals surface area contributed by atoms with Crippen molar-refractivity contribution in [3.8, 4) is 0 Å². The molecule has 0 amide bonds. The number of ether oxygens (including phenoxy) is 1. The Labute approximate surface area is 105 Å². The van der Waals surface area contributed by atoms with Crippen LogP contribution >= 0.6 is 38.5 Å². The third-order valence-corrected chi connectivity index (χ3v) is 3.09. The fourth-order valence-corrected chi connectivity index (χ4v) is 1.99. The van der Waals surface area contributed by atoms with Crippen molar-refractivity contribution >= 4 is 44.5 Å². The Bertz CT molecular complexity index is 339. The molecule has 4 heteroatoms. The molecule has 0 aliphatic rings. The quantitative estimate of drug-likeness (QED) is 0.605. The monoisotopic (exact) mass is 368 g/mol. The van der Waals surface area contributed by atoms with Crippen LogP contribution in [0.3, 0.4) is 0 Å². The number of carbonyl (C=O) groups is 1. The first-order chi connectivity index (χ1) is 6.63. The molecule has 1 aromatic rings. The van der Waals surface area contributed by atoms with Crippen LogP contribution in [0.2, 0.25) is 0 Å². The van der Waals surface area contributed by atoms with Gasteiger partial charge < -0.3 is 4.74 Å². The molecule has 2 nitrogen and oxygen atoms in total. The molecule has 14 heavy (non-hydrogen) atoms. The van der Waals surface area contributed by atoms with Gasteiger partial charge in [-0.2, -0.15) is 0 Å². The van der Waals surface area contributed by atoms with Crippen LogP contribution in [0.15, 0.2) is 22.7 Å². The molecule has 0 aliphatic heterocycles. The highest BCUT2D eigenvalue weighted by atomic mass is 127. The lowest BCUT2D eigenvalue weighted by Crippen LogP contribution is -2.08. The fourth-order valence-electron chi connectivity index (χ4n) is 1.05. The maximum Gasteiger partial charge on any atom is 0.310 e. The van der Waals surface area contributed by atoms with Gasteiger partial charge in [0.25, 0.3) is 0 Å². The first-order valence-electron chi connectivity index (χ1n) is 4.23. The molecule has 0 radical (unpaired) electrons. The summed E-state index contributed by atoms with van der Waals surface area (Å²) in [5, 5.41) is 0. The second kappa shape index (κ2) is 5.70. The van der Waals surface area contributed by atoms with Crippen molar-refractivity contribution in [2.45, 2.75) is 13.3 Å². The second-order valence-corrected chi connectivity index (χ2v) is 4.82. The Hall–Kier alpha value is -0.100. The van der Waals surface area contributed by atoms with E-state index >= 15 is 0 Å². The lowest BCUT2D eigenvalue weighted by Gasteiger charge is -2.04. The van der Waals surface area contributed by atoms with Gasteiger partial charge in [-0.25, -0.2) is 0 Å². The third kappa shape index (κ3) is 3.57. The summed E-state index contributed by atoms with van der Waals surface area (Å²) in [7, 11) is 0. The van der Waals surface area contributed by atoms with Gasteiger partial charge in [-0.15, -0.1) is 0 Å². The van der Waals surface area contributed by atoms with E-state index in [9.17, 15) is 4.79 Å². The van der Waals surface area contributed by atoms with E-state index in [1.54, 1.807) is 0 Å². The molecule has 0 N–H and O–H groups in total. The number of carbonyl (C=O) groups excluding carboxylic acids is 1. The third-order valence-electron chi connectivity index (χ3n) is 1.65. The average molecular weight is 369 g/mol. The molecule has 1 rings (SSSR count). The van der Waals surface area contributed by atoms with Crippen molar-refractivity contribution in [2.24, 2.45) is 0 Å². The molecule has 0 aliphatic carbocycles. The van der Waals surface area contributed by atoms with Gasteiger partial charge in [-0.05, 0) is 53.3 Å². The fraction of sp³-hybridized carbons (Fsp3) is 0.300. The molecule has 0 fully saturated rings. The molecule has 0 heterocycles. The van der Waals surface area contributed by atoms with Crippen LogP contribution in [0.25, 0.3) is 0 Å². The molecular formula is C10H10BrIO2. The van der Waals surface area contributed by atoms with Crippen LogP contribution in [0.1, 0.15) is 12.5 Å². The molecule has 0 saturated carbocycles. The molecule has 76 valence electrons. The first-order valence-corrected chi connectivity index (χ1v) is 6.10. The van der Waals surface area contributed by atoms with E-state index in [0.29, 0.717) is 13.0 Å². The van der Waals surface area contributed by atoms with Crippen molar-refractivity contribution in [1.29, 1.82) is 0 Å². The predicted octanol–water partition coefficient (Wildman–Crippen LogP) is 3.16. The van der Waals surface area contributed by atoms with Crippen molar-refractivity contribution in [3.63, 3.8) is 0 Å². The minimum atomic E-state index is -0.185. The standard InChI is InChI=1S/C10H10BrIO2/c1-2-14-10(13)6-7-5-8(12)3-4-9(7)11/h3-5H,2,6H2,1H3. The minimum Gasteiger partial charge on any atom is -0.466 e. The summed E-state index contributed by atoms with van der Waals surface area (Å²) < 4.78 is 6.94. The van der Waals surface area contributed by atoms with E-state index in [1.165, 1.54) is 0 Å². The Morgan fingerprint density at radius 3 is 2.93 bits per heavy atom. The van der Waals surface area contributed by atoms with Crippen molar-refractivity contribution in [2.75, 3.05) is 6.61 Å².